The van der Waals surface area contributed by atoms with Gasteiger partial charge in [-0.3, -0.25) is 4.79 Å². The molecule has 2 aromatic heterocycles. The van der Waals surface area contributed by atoms with E-state index in [1.165, 1.54) is 11.3 Å². The summed E-state index contributed by atoms with van der Waals surface area (Å²) in [4.78, 5) is 25.5. The van der Waals surface area contributed by atoms with Crippen LogP contribution < -0.4 is 10.2 Å². The Hall–Kier alpha value is -3.13. The average molecular weight is 410 g/mol. The van der Waals surface area contributed by atoms with Gasteiger partial charge in [0.25, 0.3) is 0 Å². The lowest BCUT2D eigenvalue weighted by atomic mass is 10.2. The van der Waals surface area contributed by atoms with Crippen LogP contribution in [0.2, 0.25) is 0 Å². The standard InChI is InChI=1S/C21H23N5O2S/c1-15-6-7-22-19(12-15)24-21-23-16(14-29-21)13-20(28)26-10-8-25(9-11-26)17-4-2-3-5-18(17)27/h2-7,12,14,27H,8-11,13H2,1H3,(H,22,23,24). The maximum Gasteiger partial charge on any atom is 0.228 e. The maximum absolute atomic E-state index is 12.7. The van der Waals surface area contributed by atoms with Crippen LogP contribution >= 0.6 is 11.3 Å². The molecule has 3 heterocycles. The number of piperazine rings is 1. The highest BCUT2D eigenvalue weighted by Gasteiger charge is 2.23. The van der Waals surface area contributed by atoms with Gasteiger partial charge in [0.2, 0.25) is 5.91 Å². The zero-order chi connectivity index (χ0) is 20.2. The van der Waals surface area contributed by atoms with E-state index in [4.69, 9.17) is 0 Å². The first-order valence-electron chi connectivity index (χ1n) is 9.53. The molecule has 0 bridgehead atoms. The van der Waals surface area contributed by atoms with E-state index < -0.39 is 0 Å². The summed E-state index contributed by atoms with van der Waals surface area (Å²) in [6.07, 6.45) is 2.04. The van der Waals surface area contributed by atoms with E-state index in [2.05, 4.69) is 20.2 Å². The largest absolute Gasteiger partial charge is 0.506 e. The number of pyridine rings is 1. The van der Waals surface area contributed by atoms with Gasteiger partial charge >= 0.3 is 0 Å². The SMILES string of the molecule is Cc1ccnc(Nc2nc(CC(=O)N3CCN(c4ccccc4O)CC3)cs2)c1. The molecule has 1 aromatic carbocycles. The molecule has 0 atom stereocenters. The average Bonchev–Trinajstić information content (AvgIpc) is 3.15. The van der Waals surface area contributed by atoms with E-state index in [1.807, 2.05) is 47.5 Å². The summed E-state index contributed by atoms with van der Waals surface area (Å²) in [6.45, 7) is 4.68. The van der Waals surface area contributed by atoms with E-state index in [-0.39, 0.29) is 18.1 Å². The predicted molar refractivity (Wildman–Crippen MR) is 115 cm³/mol. The molecule has 3 aromatic rings. The third-order valence-corrected chi connectivity index (χ3v) is 5.70. The third-order valence-electron chi connectivity index (χ3n) is 4.89. The lowest BCUT2D eigenvalue weighted by molar-refractivity contribution is -0.130. The molecule has 0 aliphatic carbocycles. The third kappa shape index (κ3) is 4.65. The summed E-state index contributed by atoms with van der Waals surface area (Å²) < 4.78 is 0. The first-order valence-corrected chi connectivity index (χ1v) is 10.4. The van der Waals surface area contributed by atoms with Gasteiger partial charge < -0.3 is 20.2 Å². The second-order valence-corrected chi connectivity index (χ2v) is 7.88. The summed E-state index contributed by atoms with van der Waals surface area (Å²) in [5.74, 6) is 1.10. The van der Waals surface area contributed by atoms with Crippen molar-refractivity contribution in [1.29, 1.82) is 0 Å². The number of nitrogens with one attached hydrogen (secondary N) is 1. The zero-order valence-corrected chi connectivity index (χ0v) is 17.0. The smallest absolute Gasteiger partial charge is 0.228 e. The second kappa shape index (κ2) is 8.48. The molecule has 29 heavy (non-hydrogen) atoms. The van der Waals surface area contributed by atoms with Crippen molar-refractivity contribution >= 4 is 33.9 Å². The van der Waals surface area contributed by atoms with E-state index in [0.29, 0.717) is 26.2 Å². The number of phenolic OH excluding ortho intramolecular Hbond substituents is 1. The lowest BCUT2D eigenvalue weighted by Crippen LogP contribution is -2.49. The number of carbonyl (C=O) groups is 1. The molecule has 1 amide bonds. The molecular weight excluding hydrogens is 386 g/mol. The Balaban J connectivity index is 1.31. The number of amides is 1. The number of phenols is 1. The molecule has 1 aliphatic rings. The second-order valence-electron chi connectivity index (χ2n) is 7.02. The van der Waals surface area contributed by atoms with Crippen molar-refractivity contribution in [2.45, 2.75) is 13.3 Å². The number of carbonyl (C=O) groups excluding carboxylic acids is 1. The highest BCUT2D eigenvalue weighted by Crippen LogP contribution is 2.27. The van der Waals surface area contributed by atoms with Gasteiger partial charge in [0.15, 0.2) is 5.13 Å². The first-order chi connectivity index (χ1) is 14.1. The van der Waals surface area contributed by atoms with Gasteiger partial charge in [-0.05, 0) is 36.8 Å². The minimum absolute atomic E-state index is 0.0764. The molecule has 1 fully saturated rings. The Kier molecular flexibility index (Phi) is 5.62. The number of aryl methyl sites for hydroxylation is 1. The van der Waals surface area contributed by atoms with Crippen LogP contribution in [0, 0.1) is 6.92 Å². The number of hydrogen-bond donors (Lipinski definition) is 2. The molecule has 0 saturated carbocycles. The van der Waals surface area contributed by atoms with Crippen molar-refractivity contribution in [3.8, 4) is 5.75 Å². The number of aromatic nitrogens is 2. The van der Waals surface area contributed by atoms with Gasteiger partial charge in [0.1, 0.15) is 11.6 Å². The van der Waals surface area contributed by atoms with E-state index >= 15 is 0 Å². The monoisotopic (exact) mass is 409 g/mol. The molecule has 150 valence electrons. The Morgan fingerprint density at radius 2 is 2.00 bits per heavy atom. The summed E-state index contributed by atoms with van der Waals surface area (Å²) >= 11 is 1.47. The fourth-order valence-electron chi connectivity index (χ4n) is 3.35. The summed E-state index contributed by atoms with van der Waals surface area (Å²) in [7, 11) is 0. The molecule has 0 unspecified atom stereocenters. The number of para-hydroxylation sites is 2. The molecule has 1 aliphatic heterocycles. The first kappa shape index (κ1) is 19.2. The fourth-order valence-corrected chi connectivity index (χ4v) is 4.07. The van der Waals surface area contributed by atoms with E-state index in [9.17, 15) is 9.90 Å². The van der Waals surface area contributed by atoms with Gasteiger partial charge in [-0.15, -0.1) is 11.3 Å². The number of rotatable bonds is 5. The summed E-state index contributed by atoms with van der Waals surface area (Å²) in [5.41, 5.74) is 2.70. The van der Waals surface area contributed by atoms with E-state index in [1.54, 1.807) is 12.3 Å². The number of thiazole rings is 1. The van der Waals surface area contributed by atoms with Crippen molar-refractivity contribution in [2.24, 2.45) is 0 Å². The minimum atomic E-state index is 0.0764. The van der Waals surface area contributed by atoms with Crippen LogP contribution in [0.25, 0.3) is 0 Å². The van der Waals surface area contributed by atoms with Crippen LogP contribution in [0.15, 0.2) is 48.0 Å². The Bertz CT molecular complexity index is 998. The molecular formula is C21H23N5O2S. The van der Waals surface area contributed by atoms with Gasteiger partial charge in [0.05, 0.1) is 17.8 Å². The zero-order valence-electron chi connectivity index (χ0n) is 16.2. The number of aromatic hydroxyl groups is 1. The summed E-state index contributed by atoms with van der Waals surface area (Å²) in [6, 6.07) is 11.2. The molecule has 8 heteroatoms. The maximum atomic E-state index is 12.7. The van der Waals surface area contributed by atoms with Gasteiger partial charge in [0, 0.05) is 37.8 Å². The molecule has 2 N–H and O–H groups in total. The Labute approximate surface area is 173 Å². The van der Waals surface area contributed by atoms with Crippen LogP contribution in [0.4, 0.5) is 16.6 Å². The Morgan fingerprint density at radius 1 is 1.21 bits per heavy atom. The van der Waals surface area contributed by atoms with Crippen molar-refractivity contribution in [3.63, 3.8) is 0 Å². The fraction of sp³-hybridized carbons (Fsp3) is 0.286. The normalized spacial score (nSPS) is 14.1. The molecule has 1 saturated heterocycles. The van der Waals surface area contributed by atoms with Crippen LogP contribution in [0.1, 0.15) is 11.3 Å². The van der Waals surface area contributed by atoms with Gasteiger partial charge in [-0.2, -0.15) is 0 Å². The van der Waals surface area contributed by atoms with Gasteiger partial charge in [-0.25, -0.2) is 9.97 Å². The molecule has 7 nitrogen and oxygen atoms in total. The number of nitrogens with zero attached hydrogens (tertiary/aromatic N) is 4. The van der Waals surface area contributed by atoms with Crippen molar-refractivity contribution < 1.29 is 9.90 Å². The van der Waals surface area contributed by atoms with E-state index in [0.717, 1.165) is 27.9 Å². The topological polar surface area (TPSA) is 81.6 Å². The highest BCUT2D eigenvalue weighted by molar-refractivity contribution is 7.13. The number of anilines is 3. The van der Waals surface area contributed by atoms with Crippen LogP contribution in [0.5, 0.6) is 5.75 Å². The lowest BCUT2D eigenvalue weighted by Gasteiger charge is -2.36. The van der Waals surface area contributed by atoms with Crippen molar-refractivity contribution in [1.82, 2.24) is 14.9 Å². The minimum Gasteiger partial charge on any atom is -0.506 e. The van der Waals surface area contributed by atoms with Gasteiger partial charge in [-0.1, -0.05) is 12.1 Å². The Morgan fingerprint density at radius 3 is 2.76 bits per heavy atom. The summed E-state index contributed by atoms with van der Waals surface area (Å²) in [5, 5.41) is 15.8. The van der Waals surface area contributed by atoms with Crippen LogP contribution in [0.3, 0.4) is 0 Å². The molecule has 4 rings (SSSR count). The van der Waals surface area contributed by atoms with Crippen molar-refractivity contribution in [2.75, 3.05) is 36.4 Å². The number of hydrogen-bond acceptors (Lipinski definition) is 7. The quantitative estimate of drug-likeness (QED) is 0.674. The van der Waals surface area contributed by atoms with Crippen LogP contribution in [-0.4, -0.2) is 52.1 Å². The van der Waals surface area contributed by atoms with Crippen LogP contribution in [-0.2, 0) is 11.2 Å². The van der Waals surface area contributed by atoms with Crippen molar-refractivity contribution in [3.05, 3.63) is 59.2 Å². The number of benzene rings is 1. The predicted octanol–water partition coefficient (Wildman–Crippen LogP) is 3.19. The molecule has 0 radical (unpaired) electrons. The molecule has 0 spiro atoms. The highest BCUT2D eigenvalue weighted by atomic mass is 32.1.